The topological polar surface area (TPSA) is 61.4 Å². The molecule has 0 aromatic carbocycles. The molecule has 2 heterocycles. The van der Waals surface area contributed by atoms with Gasteiger partial charge in [0.15, 0.2) is 0 Å². The lowest BCUT2D eigenvalue weighted by Gasteiger charge is -2.22. The summed E-state index contributed by atoms with van der Waals surface area (Å²) < 4.78 is 0. The van der Waals surface area contributed by atoms with Gasteiger partial charge in [-0.1, -0.05) is 0 Å². The molecule has 2 rings (SSSR count). The van der Waals surface area contributed by atoms with Crippen LogP contribution in [0.4, 0.5) is 11.8 Å². The van der Waals surface area contributed by atoms with Crippen molar-refractivity contribution >= 4 is 17.7 Å². The minimum Gasteiger partial charge on any atom is -0.357 e. The molecule has 0 atom stereocenters. The molecular weight excluding hydrogens is 230 g/mol. The number of rotatable bonds is 2. The molecule has 0 aliphatic carbocycles. The highest BCUT2D eigenvalue weighted by molar-refractivity contribution is 5.81. The summed E-state index contributed by atoms with van der Waals surface area (Å²) in [5, 5.41) is 2.93. The van der Waals surface area contributed by atoms with Gasteiger partial charge in [-0.05, 0) is 13.3 Å². The average Bonchev–Trinajstić information content (AvgIpc) is 2.53. The Morgan fingerprint density at radius 1 is 1.39 bits per heavy atom. The Bertz CT molecular complexity index is 448. The molecule has 0 radical (unpaired) electrons. The molecule has 1 fully saturated rings. The van der Waals surface area contributed by atoms with E-state index >= 15 is 0 Å². The zero-order valence-electron chi connectivity index (χ0n) is 11.1. The number of nitrogens with zero attached hydrogens (tertiary/aromatic N) is 4. The maximum absolute atomic E-state index is 11.9. The van der Waals surface area contributed by atoms with E-state index in [1.165, 1.54) is 0 Å². The largest absolute Gasteiger partial charge is 0.357 e. The van der Waals surface area contributed by atoms with Crippen molar-refractivity contribution in [1.82, 2.24) is 14.9 Å². The third kappa shape index (κ3) is 2.52. The van der Waals surface area contributed by atoms with Gasteiger partial charge in [0.25, 0.3) is 0 Å². The summed E-state index contributed by atoms with van der Waals surface area (Å²) in [6.45, 7) is 4.00. The van der Waals surface area contributed by atoms with Crippen LogP contribution in [0, 0.1) is 6.92 Å². The Labute approximate surface area is 107 Å². The van der Waals surface area contributed by atoms with Gasteiger partial charge < -0.3 is 15.1 Å². The van der Waals surface area contributed by atoms with Crippen LogP contribution in [0.5, 0.6) is 0 Å². The Kier molecular flexibility index (Phi) is 3.64. The van der Waals surface area contributed by atoms with Gasteiger partial charge in [0, 0.05) is 38.9 Å². The number of hydrogen-bond donors (Lipinski definition) is 1. The second kappa shape index (κ2) is 5.20. The third-order valence-electron chi connectivity index (χ3n) is 3.14. The van der Waals surface area contributed by atoms with E-state index < -0.39 is 0 Å². The van der Waals surface area contributed by atoms with Crippen LogP contribution in [0.3, 0.4) is 0 Å². The fraction of sp³-hybridized carbons (Fsp3) is 0.583. The Hall–Kier alpha value is -1.85. The molecule has 0 spiro atoms. The van der Waals surface area contributed by atoms with E-state index in [-0.39, 0.29) is 5.91 Å². The van der Waals surface area contributed by atoms with Crippen molar-refractivity contribution in [2.75, 3.05) is 43.9 Å². The van der Waals surface area contributed by atoms with Crippen LogP contribution in [-0.4, -0.2) is 54.5 Å². The molecule has 1 N–H and O–H groups in total. The number of nitrogens with one attached hydrogen (secondary N) is 1. The first-order valence-corrected chi connectivity index (χ1v) is 6.12. The molecule has 6 nitrogen and oxygen atoms in total. The number of hydrogen-bond acceptors (Lipinski definition) is 5. The van der Waals surface area contributed by atoms with E-state index in [9.17, 15) is 4.79 Å². The van der Waals surface area contributed by atoms with Crippen molar-refractivity contribution in [3.05, 3.63) is 11.8 Å². The molecule has 0 unspecified atom stereocenters. The summed E-state index contributed by atoms with van der Waals surface area (Å²) >= 11 is 0. The van der Waals surface area contributed by atoms with Gasteiger partial charge in [0.1, 0.15) is 5.82 Å². The number of carbonyl (C=O) groups excluding carboxylic acids is 1. The van der Waals surface area contributed by atoms with Crippen molar-refractivity contribution in [2.24, 2.45) is 0 Å². The third-order valence-corrected chi connectivity index (χ3v) is 3.14. The second-order valence-electron chi connectivity index (χ2n) is 4.54. The van der Waals surface area contributed by atoms with Crippen molar-refractivity contribution in [1.29, 1.82) is 0 Å². The van der Waals surface area contributed by atoms with Crippen LogP contribution in [0.25, 0.3) is 0 Å². The molecule has 0 saturated carbocycles. The molecule has 18 heavy (non-hydrogen) atoms. The van der Waals surface area contributed by atoms with E-state index in [2.05, 4.69) is 15.3 Å². The maximum Gasteiger partial charge on any atom is 0.241 e. The van der Waals surface area contributed by atoms with Gasteiger partial charge in [-0.25, -0.2) is 4.98 Å². The summed E-state index contributed by atoms with van der Waals surface area (Å²) in [5.41, 5.74) is 0.992. The Balaban J connectivity index is 2.27. The smallest absolute Gasteiger partial charge is 0.241 e. The van der Waals surface area contributed by atoms with Crippen LogP contribution in [-0.2, 0) is 4.79 Å². The van der Waals surface area contributed by atoms with Crippen LogP contribution in [0.2, 0.25) is 0 Å². The Morgan fingerprint density at radius 2 is 2.17 bits per heavy atom. The number of anilines is 2. The second-order valence-corrected chi connectivity index (χ2v) is 4.54. The standard InChI is InChI=1S/C12H19N5O/c1-9-7-14-12(13-2)15-11(9)17-6-4-5-16(3)10(18)8-17/h7H,4-6,8H2,1-3H3,(H,13,14,15). The van der Waals surface area contributed by atoms with E-state index in [1.54, 1.807) is 18.1 Å². The monoisotopic (exact) mass is 249 g/mol. The van der Waals surface area contributed by atoms with Gasteiger partial charge >= 0.3 is 0 Å². The predicted octanol–water partition coefficient (Wildman–Crippen LogP) is 0.495. The molecule has 1 amide bonds. The highest BCUT2D eigenvalue weighted by atomic mass is 16.2. The minimum atomic E-state index is 0.136. The van der Waals surface area contributed by atoms with Crippen LogP contribution in [0.15, 0.2) is 6.20 Å². The highest BCUT2D eigenvalue weighted by Crippen LogP contribution is 2.19. The molecule has 1 aliphatic heterocycles. The zero-order chi connectivity index (χ0) is 13.1. The lowest BCUT2D eigenvalue weighted by Crippen LogP contribution is -2.35. The van der Waals surface area contributed by atoms with Crippen molar-refractivity contribution in [3.8, 4) is 0 Å². The lowest BCUT2D eigenvalue weighted by atomic mass is 10.3. The average molecular weight is 249 g/mol. The van der Waals surface area contributed by atoms with Crippen LogP contribution >= 0.6 is 0 Å². The minimum absolute atomic E-state index is 0.136. The van der Waals surface area contributed by atoms with Gasteiger partial charge in [0.2, 0.25) is 11.9 Å². The summed E-state index contributed by atoms with van der Waals surface area (Å²) in [4.78, 5) is 24.3. The van der Waals surface area contributed by atoms with Crippen LogP contribution in [0.1, 0.15) is 12.0 Å². The summed E-state index contributed by atoms with van der Waals surface area (Å²) in [5.74, 6) is 1.56. The molecule has 1 aliphatic rings. The number of likely N-dealkylation sites (N-methyl/N-ethyl adjacent to an activating group) is 1. The van der Waals surface area contributed by atoms with Crippen molar-refractivity contribution in [2.45, 2.75) is 13.3 Å². The van der Waals surface area contributed by atoms with E-state index in [4.69, 9.17) is 0 Å². The quantitative estimate of drug-likeness (QED) is 0.827. The van der Waals surface area contributed by atoms with Gasteiger partial charge in [-0.3, -0.25) is 4.79 Å². The number of amides is 1. The first kappa shape index (κ1) is 12.6. The van der Waals surface area contributed by atoms with Gasteiger partial charge in [-0.15, -0.1) is 0 Å². The molecule has 1 aromatic rings. The molecular formula is C12H19N5O. The van der Waals surface area contributed by atoms with E-state index in [0.717, 1.165) is 30.9 Å². The van der Waals surface area contributed by atoms with E-state index in [1.807, 2.05) is 18.9 Å². The van der Waals surface area contributed by atoms with Gasteiger partial charge in [-0.2, -0.15) is 4.98 Å². The van der Waals surface area contributed by atoms with Gasteiger partial charge in [0.05, 0.1) is 6.54 Å². The Morgan fingerprint density at radius 3 is 2.89 bits per heavy atom. The summed E-state index contributed by atoms with van der Waals surface area (Å²) in [6.07, 6.45) is 2.74. The number of carbonyl (C=O) groups is 1. The normalized spacial score (nSPS) is 16.7. The summed E-state index contributed by atoms with van der Waals surface area (Å²) in [6, 6.07) is 0. The van der Waals surface area contributed by atoms with Crippen molar-refractivity contribution < 1.29 is 4.79 Å². The first-order valence-electron chi connectivity index (χ1n) is 6.12. The SMILES string of the molecule is CNc1ncc(C)c(N2CCCN(C)C(=O)C2)n1. The molecule has 1 saturated heterocycles. The summed E-state index contributed by atoms with van der Waals surface area (Å²) in [7, 11) is 3.63. The molecule has 98 valence electrons. The lowest BCUT2D eigenvalue weighted by molar-refractivity contribution is -0.127. The predicted molar refractivity (Wildman–Crippen MR) is 70.8 cm³/mol. The zero-order valence-corrected chi connectivity index (χ0v) is 11.1. The molecule has 6 heteroatoms. The fourth-order valence-electron chi connectivity index (χ4n) is 2.04. The van der Waals surface area contributed by atoms with E-state index in [0.29, 0.717) is 12.5 Å². The molecule has 1 aromatic heterocycles. The first-order chi connectivity index (χ1) is 8.61. The maximum atomic E-state index is 11.9. The fourth-order valence-corrected chi connectivity index (χ4v) is 2.04. The number of aryl methyl sites for hydroxylation is 1. The molecule has 0 bridgehead atoms. The highest BCUT2D eigenvalue weighted by Gasteiger charge is 2.21. The van der Waals surface area contributed by atoms with Crippen molar-refractivity contribution in [3.63, 3.8) is 0 Å². The van der Waals surface area contributed by atoms with Crippen LogP contribution < -0.4 is 10.2 Å². The number of aromatic nitrogens is 2.